The number of aliphatic hydroxyl groups is 1. The molecule has 0 heterocycles. The van der Waals surface area contributed by atoms with Gasteiger partial charge in [-0.1, -0.05) is 0 Å². The van der Waals surface area contributed by atoms with Crippen LogP contribution >= 0.6 is 0 Å². The van der Waals surface area contributed by atoms with Gasteiger partial charge in [0.1, 0.15) is 17.4 Å². The van der Waals surface area contributed by atoms with Crippen LogP contribution in [0, 0.1) is 11.3 Å². The lowest BCUT2D eigenvalue weighted by Gasteiger charge is -2.10. The molecule has 0 unspecified atom stereocenters. The first-order valence-electron chi connectivity index (χ1n) is 5.06. The van der Waals surface area contributed by atoms with Gasteiger partial charge in [0.25, 0.3) is 0 Å². The molecule has 0 fully saturated rings. The van der Waals surface area contributed by atoms with Crippen LogP contribution in [0.3, 0.4) is 0 Å². The summed E-state index contributed by atoms with van der Waals surface area (Å²) >= 11 is 0. The van der Waals surface area contributed by atoms with E-state index in [-0.39, 0.29) is 30.1 Å². The molecule has 0 aromatic heterocycles. The number of hydrogen-bond donors (Lipinski definition) is 1. The fraction of sp³-hybridized carbons (Fsp3) is 0.333. The summed E-state index contributed by atoms with van der Waals surface area (Å²) in [5.41, 5.74) is 0.713. The number of rotatable bonds is 4. The molecule has 1 aromatic carbocycles. The number of hydrogen-bond acceptors (Lipinski definition) is 5. The molecule has 0 saturated carbocycles. The summed E-state index contributed by atoms with van der Waals surface area (Å²) in [5.74, 6) is -0.347. The monoisotopic (exact) mass is 235 g/mol. The van der Waals surface area contributed by atoms with Gasteiger partial charge in [-0.25, -0.2) is 4.79 Å². The highest BCUT2D eigenvalue weighted by Gasteiger charge is 2.18. The van der Waals surface area contributed by atoms with Crippen molar-refractivity contribution in [1.29, 1.82) is 5.26 Å². The molecule has 5 heteroatoms. The van der Waals surface area contributed by atoms with E-state index in [0.717, 1.165) is 0 Å². The third-order valence-corrected chi connectivity index (χ3v) is 2.17. The van der Waals surface area contributed by atoms with Crippen molar-refractivity contribution in [2.24, 2.45) is 0 Å². The molecule has 1 rings (SSSR count). The molecular formula is C12H13NO4. The molecule has 1 N–H and O–H groups in total. The third kappa shape index (κ3) is 2.74. The van der Waals surface area contributed by atoms with Crippen LogP contribution in [-0.2, 0) is 11.3 Å². The molecular weight excluding hydrogens is 222 g/mol. The molecule has 0 amide bonds. The van der Waals surface area contributed by atoms with Crippen molar-refractivity contribution >= 4 is 5.97 Å². The Labute approximate surface area is 99.2 Å². The van der Waals surface area contributed by atoms with Gasteiger partial charge >= 0.3 is 5.97 Å². The minimum Gasteiger partial charge on any atom is -0.495 e. The van der Waals surface area contributed by atoms with Crippen molar-refractivity contribution < 1.29 is 19.4 Å². The van der Waals surface area contributed by atoms with E-state index >= 15 is 0 Å². The van der Waals surface area contributed by atoms with Gasteiger partial charge < -0.3 is 14.6 Å². The summed E-state index contributed by atoms with van der Waals surface area (Å²) in [5, 5.41) is 18.1. The second-order valence-corrected chi connectivity index (χ2v) is 3.21. The van der Waals surface area contributed by atoms with E-state index in [1.165, 1.54) is 19.2 Å². The normalized spacial score (nSPS) is 9.53. The van der Waals surface area contributed by atoms with Crippen molar-refractivity contribution in [2.75, 3.05) is 13.7 Å². The van der Waals surface area contributed by atoms with Gasteiger partial charge in [0.15, 0.2) is 0 Å². The van der Waals surface area contributed by atoms with Gasteiger partial charge in [0.2, 0.25) is 0 Å². The molecule has 0 saturated heterocycles. The van der Waals surface area contributed by atoms with Crippen molar-refractivity contribution in [2.45, 2.75) is 13.5 Å². The number of ether oxygens (including phenoxy) is 2. The Morgan fingerprint density at radius 1 is 1.53 bits per heavy atom. The Balaban J connectivity index is 3.35. The SMILES string of the molecule is CCOC(=O)c1cc(CO)cc(OC)c1C#N. The average Bonchev–Trinajstić information content (AvgIpc) is 2.37. The summed E-state index contributed by atoms with van der Waals surface area (Å²) in [6.45, 7) is 1.65. The average molecular weight is 235 g/mol. The lowest BCUT2D eigenvalue weighted by Crippen LogP contribution is -2.09. The Morgan fingerprint density at radius 2 is 2.24 bits per heavy atom. The van der Waals surface area contributed by atoms with E-state index in [1.54, 1.807) is 6.92 Å². The van der Waals surface area contributed by atoms with E-state index in [0.29, 0.717) is 5.56 Å². The maximum absolute atomic E-state index is 11.7. The zero-order chi connectivity index (χ0) is 12.8. The number of methoxy groups -OCH3 is 1. The highest BCUT2D eigenvalue weighted by atomic mass is 16.5. The first-order chi connectivity index (χ1) is 8.17. The second-order valence-electron chi connectivity index (χ2n) is 3.21. The van der Waals surface area contributed by atoms with Gasteiger partial charge in [0.05, 0.1) is 25.9 Å². The molecule has 0 bridgehead atoms. The van der Waals surface area contributed by atoms with Gasteiger partial charge in [-0.2, -0.15) is 5.26 Å². The third-order valence-electron chi connectivity index (χ3n) is 2.17. The second kappa shape index (κ2) is 5.87. The molecule has 90 valence electrons. The van der Waals surface area contributed by atoms with Gasteiger partial charge in [-0.3, -0.25) is 0 Å². The van der Waals surface area contributed by atoms with E-state index in [4.69, 9.17) is 19.8 Å². The van der Waals surface area contributed by atoms with E-state index in [9.17, 15) is 4.79 Å². The van der Waals surface area contributed by atoms with E-state index in [1.807, 2.05) is 6.07 Å². The smallest absolute Gasteiger partial charge is 0.339 e. The summed E-state index contributed by atoms with van der Waals surface area (Å²) in [4.78, 5) is 11.7. The fourth-order valence-electron chi connectivity index (χ4n) is 1.41. The predicted molar refractivity (Wildman–Crippen MR) is 59.6 cm³/mol. The Bertz CT molecular complexity index is 462. The quantitative estimate of drug-likeness (QED) is 0.794. The topological polar surface area (TPSA) is 79.6 Å². The maximum Gasteiger partial charge on any atom is 0.339 e. The largest absolute Gasteiger partial charge is 0.495 e. The summed E-state index contributed by atoms with van der Waals surface area (Å²) in [6, 6.07) is 4.84. The van der Waals surface area contributed by atoms with Crippen LogP contribution in [0.1, 0.15) is 28.4 Å². The van der Waals surface area contributed by atoms with Crippen molar-refractivity contribution in [1.82, 2.24) is 0 Å². The van der Waals surface area contributed by atoms with Crippen LogP contribution in [0.2, 0.25) is 0 Å². The van der Waals surface area contributed by atoms with Crippen molar-refractivity contribution in [3.05, 3.63) is 28.8 Å². The Morgan fingerprint density at radius 3 is 2.71 bits per heavy atom. The molecule has 1 aromatic rings. The highest BCUT2D eigenvalue weighted by molar-refractivity contribution is 5.93. The fourth-order valence-corrected chi connectivity index (χ4v) is 1.41. The number of carbonyl (C=O) groups excluding carboxylic acids is 1. The van der Waals surface area contributed by atoms with Crippen LogP contribution in [-0.4, -0.2) is 24.8 Å². The molecule has 0 aliphatic carbocycles. The highest BCUT2D eigenvalue weighted by Crippen LogP contribution is 2.24. The molecule has 0 radical (unpaired) electrons. The van der Waals surface area contributed by atoms with Crippen LogP contribution in [0.15, 0.2) is 12.1 Å². The number of carbonyl (C=O) groups is 1. The molecule has 0 aliphatic heterocycles. The number of benzene rings is 1. The molecule has 0 aliphatic rings. The van der Waals surface area contributed by atoms with Crippen molar-refractivity contribution in [3.8, 4) is 11.8 Å². The van der Waals surface area contributed by atoms with E-state index in [2.05, 4.69) is 0 Å². The van der Waals surface area contributed by atoms with Crippen LogP contribution in [0.5, 0.6) is 5.75 Å². The Kier molecular flexibility index (Phi) is 4.49. The zero-order valence-corrected chi connectivity index (χ0v) is 9.69. The number of nitriles is 1. The first-order valence-corrected chi connectivity index (χ1v) is 5.06. The minimum absolute atomic E-state index is 0.109. The first kappa shape index (κ1) is 13.0. The van der Waals surface area contributed by atoms with Gasteiger partial charge in [0, 0.05) is 0 Å². The standard InChI is InChI=1S/C12H13NO4/c1-3-17-12(15)9-4-8(7-14)5-11(16-2)10(9)6-13/h4-5,14H,3,7H2,1-2H3. The summed E-state index contributed by atoms with van der Waals surface area (Å²) in [6.07, 6.45) is 0. The van der Waals surface area contributed by atoms with Gasteiger partial charge in [-0.05, 0) is 24.6 Å². The maximum atomic E-state index is 11.7. The van der Waals surface area contributed by atoms with Crippen LogP contribution in [0.4, 0.5) is 0 Å². The lowest BCUT2D eigenvalue weighted by atomic mass is 10.0. The molecule has 5 nitrogen and oxygen atoms in total. The minimum atomic E-state index is -0.599. The lowest BCUT2D eigenvalue weighted by molar-refractivity contribution is 0.0525. The van der Waals surface area contributed by atoms with Gasteiger partial charge in [-0.15, -0.1) is 0 Å². The van der Waals surface area contributed by atoms with Crippen LogP contribution < -0.4 is 4.74 Å². The number of esters is 1. The summed E-state index contributed by atoms with van der Waals surface area (Å²) in [7, 11) is 1.40. The van der Waals surface area contributed by atoms with E-state index < -0.39 is 5.97 Å². The molecule has 0 atom stereocenters. The predicted octanol–water partition coefficient (Wildman–Crippen LogP) is 1.24. The summed E-state index contributed by atoms with van der Waals surface area (Å²) < 4.78 is 9.85. The molecule has 0 spiro atoms. The van der Waals surface area contributed by atoms with Crippen molar-refractivity contribution in [3.63, 3.8) is 0 Å². The Hall–Kier alpha value is -2.06. The number of nitrogens with zero attached hydrogens (tertiary/aromatic N) is 1. The number of aliphatic hydroxyl groups excluding tert-OH is 1. The molecule has 17 heavy (non-hydrogen) atoms. The zero-order valence-electron chi connectivity index (χ0n) is 9.69. The van der Waals surface area contributed by atoms with Crippen LogP contribution in [0.25, 0.3) is 0 Å².